The molecule has 37 heavy (non-hydrogen) atoms. The standard InChI is InChI=1S/C31H35NO5/c1-18-14-22-23-9-12-31(36,26(35)17-37-28-21-7-5-4-6-19(21)10-13-32-28)30(23,3)16-25(34)27(22)29(2)11-8-20(33)15-24(18)29/h4-8,10-11,13,15,18,22-23,25,27,34,36H,9,12,14,16-17H2,1-3H3/t18-,22?,23?,25-,27?,29?,30?,31-/m0/s1. The maximum Gasteiger partial charge on any atom is 0.221 e. The molecule has 6 nitrogen and oxygen atoms in total. The lowest BCUT2D eigenvalue weighted by Crippen LogP contribution is -2.62. The summed E-state index contributed by atoms with van der Waals surface area (Å²) in [7, 11) is 0. The van der Waals surface area contributed by atoms with Crippen LogP contribution in [0.3, 0.4) is 0 Å². The molecule has 3 fully saturated rings. The average Bonchev–Trinajstić information content (AvgIpc) is 3.14. The van der Waals surface area contributed by atoms with Crippen molar-refractivity contribution in [2.75, 3.05) is 6.61 Å². The van der Waals surface area contributed by atoms with Crippen LogP contribution in [0.5, 0.6) is 5.88 Å². The van der Waals surface area contributed by atoms with E-state index in [-0.39, 0.29) is 41.8 Å². The Kier molecular flexibility index (Phi) is 5.52. The molecule has 0 aliphatic heterocycles. The van der Waals surface area contributed by atoms with Crippen molar-refractivity contribution >= 4 is 22.3 Å². The number of carbonyl (C=O) groups excluding carboxylic acids is 2. The number of allylic oxidation sites excluding steroid dienone is 4. The molecule has 0 spiro atoms. The van der Waals surface area contributed by atoms with Crippen LogP contribution in [0.1, 0.15) is 46.5 Å². The van der Waals surface area contributed by atoms with Gasteiger partial charge in [0.05, 0.1) is 6.10 Å². The molecular formula is C31H35NO5. The number of hydrogen-bond acceptors (Lipinski definition) is 6. The first-order valence-corrected chi connectivity index (χ1v) is 13.4. The Balaban J connectivity index is 1.28. The zero-order valence-electron chi connectivity index (χ0n) is 21.7. The van der Waals surface area contributed by atoms with E-state index in [4.69, 9.17) is 4.74 Å². The molecule has 4 aliphatic carbocycles. The number of carbonyl (C=O) groups is 2. The second-order valence-electron chi connectivity index (χ2n) is 12.2. The number of pyridine rings is 1. The summed E-state index contributed by atoms with van der Waals surface area (Å²) in [6.45, 7) is 6.01. The molecule has 8 atom stereocenters. The molecule has 3 saturated carbocycles. The van der Waals surface area contributed by atoms with Crippen molar-refractivity contribution in [2.24, 2.45) is 34.5 Å². The molecule has 2 N–H and O–H groups in total. The Morgan fingerprint density at radius 1 is 1.22 bits per heavy atom. The number of Topliss-reactive ketones (excluding diaryl/α,β-unsaturated/α-hetero) is 1. The quantitative estimate of drug-likeness (QED) is 0.643. The van der Waals surface area contributed by atoms with Crippen LogP contribution in [-0.4, -0.2) is 45.1 Å². The fourth-order valence-corrected chi connectivity index (χ4v) is 8.67. The SMILES string of the molecule is C[C@H]1CC2C([C@@H](O)CC3(C)C2CC[C@]3(O)C(=O)COc2nccc3ccccc23)C2(C)C=CC(=O)C=C12. The summed E-state index contributed by atoms with van der Waals surface area (Å²) >= 11 is 0. The maximum atomic E-state index is 13.7. The number of benzene rings is 1. The van der Waals surface area contributed by atoms with Crippen LogP contribution in [0.2, 0.25) is 0 Å². The molecule has 0 bridgehead atoms. The molecule has 5 unspecified atom stereocenters. The summed E-state index contributed by atoms with van der Waals surface area (Å²) in [6.07, 6.45) is 8.60. The number of aliphatic hydroxyl groups excluding tert-OH is 1. The van der Waals surface area contributed by atoms with E-state index < -0.39 is 22.5 Å². The van der Waals surface area contributed by atoms with Crippen molar-refractivity contribution in [1.29, 1.82) is 0 Å². The van der Waals surface area contributed by atoms with Crippen molar-refractivity contribution < 1.29 is 24.5 Å². The van der Waals surface area contributed by atoms with Gasteiger partial charge in [0.1, 0.15) is 5.60 Å². The van der Waals surface area contributed by atoms with Crippen molar-refractivity contribution in [3.05, 3.63) is 60.3 Å². The first-order chi connectivity index (χ1) is 17.6. The Morgan fingerprint density at radius 2 is 2.00 bits per heavy atom. The maximum absolute atomic E-state index is 13.7. The summed E-state index contributed by atoms with van der Waals surface area (Å²) < 4.78 is 5.90. The van der Waals surface area contributed by atoms with E-state index in [9.17, 15) is 19.8 Å². The van der Waals surface area contributed by atoms with Gasteiger partial charge in [0.15, 0.2) is 12.4 Å². The fourth-order valence-electron chi connectivity index (χ4n) is 8.67. The van der Waals surface area contributed by atoms with E-state index in [0.717, 1.165) is 29.2 Å². The number of nitrogens with zero attached hydrogens (tertiary/aromatic N) is 1. The highest BCUT2D eigenvalue weighted by Gasteiger charge is 2.68. The Labute approximate surface area is 217 Å². The molecule has 0 radical (unpaired) electrons. The van der Waals surface area contributed by atoms with Crippen molar-refractivity contribution in [1.82, 2.24) is 4.98 Å². The van der Waals surface area contributed by atoms with E-state index in [0.29, 0.717) is 18.7 Å². The molecule has 1 aromatic heterocycles. The van der Waals surface area contributed by atoms with Gasteiger partial charge in [0, 0.05) is 28.3 Å². The second kappa shape index (κ2) is 8.34. The molecule has 6 heteroatoms. The molecule has 0 saturated heterocycles. The number of aromatic nitrogens is 1. The predicted molar refractivity (Wildman–Crippen MR) is 140 cm³/mol. The average molecular weight is 502 g/mol. The van der Waals surface area contributed by atoms with Crippen LogP contribution in [0.15, 0.2) is 60.3 Å². The Morgan fingerprint density at radius 3 is 2.81 bits per heavy atom. The first-order valence-electron chi connectivity index (χ1n) is 13.4. The van der Waals surface area contributed by atoms with Crippen LogP contribution in [0.25, 0.3) is 10.8 Å². The van der Waals surface area contributed by atoms with Crippen LogP contribution < -0.4 is 4.74 Å². The highest BCUT2D eigenvalue weighted by Crippen LogP contribution is 2.67. The number of fused-ring (bicyclic) bond motifs is 6. The third-order valence-electron chi connectivity index (χ3n) is 10.4. The van der Waals surface area contributed by atoms with Gasteiger partial charge in [-0.25, -0.2) is 4.98 Å². The summed E-state index contributed by atoms with van der Waals surface area (Å²) in [4.78, 5) is 30.1. The minimum atomic E-state index is -1.58. The van der Waals surface area contributed by atoms with Crippen molar-refractivity contribution in [3.63, 3.8) is 0 Å². The smallest absolute Gasteiger partial charge is 0.221 e. The first kappa shape index (κ1) is 24.5. The number of ketones is 2. The fraction of sp³-hybridized carbons (Fsp3) is 0.516. The van der Waals surface area contributed by atoms with Crippen LogP contribution in [0, 0.1) is 34.5 Å². The minimum absolute atomic E-state index is 0.00874. The lowest BCUT2D eigenvalue weighted by molar-refractivity contribution is -0.179. The monoisotopic (exact) mass is 501 g/mol. The van der Waals surface area contributed by atoms with E-state index in [1.165, 1.54) is 0 Å². The second-order valence-corrected chi connectivity index (χ2v) is 12.2. The summed E-state index contributed by atoms with van der Waals surface area (Å²) in [5.74, 6) is 0.422. The van der Waals surface area contributed by atoms with Gasteiger partial charge in [0.25, 0.3) is 0 Å². The van der Waals surface area contributed by atoms with E-state index >= 15 is 0 Å². The topological polar surface area (TPSA) is 96.7 Å². The molecule has 2 aromatic rings. The largest absolute Gasteiger partial charge is 0.469 e. The number of aliphatic hydroxyl groups is 2. The Bertz CT molecular complexity index is 1340. The summed E-state index contributed by atoms with van der Waals surface area (Å²) in [5.41, 5.74) is -1.63. The minimum Gasteiger partial charge on any atom is -0.469 e. The van der Waals surface area contributed by atoms with Gasteiger partial charge in [-0.15, -0.1) is 0 Å². The van der Waals surface area contributed by atoms with Crippen molar-refractivity contribution in [3.8, 4) is 5.88 Å². The van der Waals surface area contributed by atoms with Gasteiger partial charge < -0.3 is 14.9 Å². The normalized spacial score (nSPS) is 40.5. The zero-order chi connectivity index (χ0) is 26.2. The van der Waals surface area contributed by atoms with Gasteiger partial charge in [-0.1, -0.05) is 50.6 Å². The molecule has 4 aliphatic rings. The number of ether oxygens (including phenoxy) is 1. The highest BCUT2D eigenvalue weighted by atomic mass is 16.5. The molecule has 0 amide bonds. The summed E-state index contributed by atoms with van der Waals surface area (Å²) in [5, 5.41) is 25.4. The Hall–Kier alpha value is -2.83. The number of hydrogen-bond donors (Lipinski definition) is 2. The van der Waals surface area contributed by atoms with E-state index in [1.54, 1.807) is 18.3 Å². The zero-order valence-corrected chi connectivity index (χ0v) is 21.7. The molecule has 1 aromatic carbocycles. The van der Waals surface area contributed by atoms with E-state index in [2.05, 4.69) is 18.8 Å². The van der Waals surface area contributed by atoms with Crippen LogP contribution >= 0.6 is 0 Å². The van der Waals surface area contributed by atoms with Gasteiger partial charge in [-0.05, 0) is 73.1 Å². The van der Waals surface area contributed by atoms with Gasteiger partial charge in [-0.3, -0.25) is 9.59 Å². The highest BCUT2D eigenvalue weighted by molar-refractivity contribution is 6.01. The molecule has 6 rings (SSSR count). The molecule has 1 heterocycles. The summed E-state index contributed by atoms with van der Waals surface area (Å²) in [6, 6.07) is 9.60. The van der Waals surface area contributed by atoms with E-state index in [1.807, 2.05) is 43.3 Å². The molecular weight excluding hydrogens is 466 g/mol. The third kappa shape index (κ3) is 3.41. The van der Waals surface area contributed by atoms with Crippen LogP contribution in [-0.2, 0) is 9.59 Å². The van der Waals surface area contributed by atoms with Gasteiger partial charge >= 0.3 is 0 Å². The lowest BCUT2D eigenvalue weighted by Gasteiger charge is -2.60. The van der Waals surface area contributed by atoms with Crippen LogP contribution in [0.4, 0.5) is 0 Å². The predicted octanol–water partition coefficient (Wildman–Crippen LogP) is 4.44. The third-order valence-corrected chi connectivity index (χ3v) is 10.4. The lowest BCUT2D eigenvalue weighted by atomic mass is 9.45. The van der Waals surface area contributed by atoms with Gasteiger partial charge in [0.2, 0.25) is 11.7 Å². The molecule has 194 valence electrons. The van der Waals surface area contributed by atoms with Gasteiger partial charge in [-0.2, -0.15) is 0 Å². The van der Waals surface area contributed by atoms with Crippen molar-refractivity contribution in [2.45, 2.75) is 58.2 Å². The number of rotatable bonds is 4.